The Balaban J connectivity index is 1.46. The summed E-state index contributed by atoms with van der Waals surface area (Å²) in [6.07, 6.45) is 3.14. The van der Waals surface area contributed by atoms with Gasteiger partial charge in [-0.05, 0) is 35.6 Å². The summed E-state index contributed by atoms with van der Waals surface area (Å²) in [6, 6.07) is 6.28. The van der Waals surface area contributed by atoms with E-state index in [1.807, 2.05) is 11.1 Å². The molecule has 1 aliphatic carbocycles. The molecule has 1 fully saturated rings. The maximum atomic E-state index is 13.3. The van der Waals surface area contributed by atoms with Crippen molar-refractivity contribution in [3.63, 3.8) is 0 Å². The van der Waals surface area contributed by atoms with E-state index in [-0.39, 0.29) is 18.1 Å². The van der Waals surface area contributed by atoms with Crippen molar-refractivity contribution < 1.29 is 9.18 Å². The van der Waals surface area contributed by atoms with Crippen molar-refractivity contribution in [1.29, 1.82) is 0 Å². The zero-order valence-corrected chi connectivity index (χ0v) is 14.6. The molecule has 0 radical (unpaired) electrons. The molecule has 1 amide bonds. The number of carbonyl (C=O) groups is 1. The number of hydrogen-bond acceptors (Lipinski definition) is 3. The molecule has 1 aromatic carbocycles. The van der Waals surface area contributed by atoms with Crippen molar-refractivity contribution in [3.8, 4) is 0 Å². The van der Waals surface area contributed by atoms with Gasteiger partial charge in [0, 0.05) is 36.8 Å². The molecule has 2 aliphatic rings. The molecule has 5 heteroatoms. The maximum absolute atomic E-state index is 13.3. The van der Waals surface area contributed by atoms with Crippen LogP contribution in [0.15, 0.2) is 30.5 Å². The van der Waals surface area contributed by atoms with Crippen LogP contribution in [0.25, 0.3) is 0 Å². The highest BCUT2D eigenvalue weighted by atomic mass is 19.1. The van der Waals surface area contributed by atoms with Crippen LogP contribution in [0, 0.1) is 11.7 Å². The second kappa shape index (κ2) is 6.21. The molecule has 0 saturated carbocycles. The first-order valence-corrected chi connectivity index (χ1v) is 8.89. The first-order chi connectivity index (χ1) is 12.0. The van der Waals surface area contributed by atoms with Gasteiger partial charge >= 0.3 is 0 Å². The molecule has 130 valence electrons. The number of halogens is 1. The molecular formula is C20H22FN3O. The van der Waals surface area contributed by atoms with E-state index in [1.165, 1.54) is 17.7 Å². The van der Waals surface area contributed by atoms with Gasteiger partial charge in [0.2, 0.25) is 5.91 Å². The van der Waals surface area contributed by atoms with Crippen LogP contribution in [-0.2, 0) is 17.6 Å². The van der Waals surface area contributed by atoms with E-state index in [9.17, 15) is 9.18 Å². The number of carbonyl (C=O) groups excluding carboxylic acids is 1. The summed E-state index contributed by atoms with van der Waals surface area (Å²) in [5.74, 6) is 1.78. The van der Waals surface area contributed by atoms with Crippen molar-refractivity contribution in [2.45, 2.75) is 38.5 Å². The van der Waals surface area contributed by atoms with Crippen molar-refractivity contribution in [2.24, 2.45) is 5.92 Å². The molecule has 2 heterocycles. The lowest BCUT2D eigenvalue weighted by Crippen LogP contribution is -2.31. The third-order valence-electron chi connectivity index (χ3n) is 5.33. The monoisotopic (exact) mass is 339 g/mol. The van der Waals surface area contributed by atoms with Crippen LogP contribution in [0.4, 0.5) is 4.39 Å². The summed E-state index contributed by atoms with van der Waals surface area (Å²) in [4.78, 5) is 23.7. The number of fused-ring (bicyclic) bond motifs is 3. The normalized spacial score (nSPS) is 21.5. The molecule has 0 unspecified atom stereocenters. The minimum Gasteiger partial charge on any atom is -0.341 e. The van der Waals surface area contributed by atoms with Gasteiger partial charge in [-0.25, -0.2) is 14.4 Å². The third kappa shape index (κ3) is 3.03. The average molecular weight is 339 g/mol. The van der Waals surface area contributed by atoms with Crippen molar-refractivity contribution in [2.75, 3.05) is 13.1 Å². The number of amides is 1. The molecular weight excluding hydrogens is 317 g/mol. The Morgan fingerprint density at radius 1 is 1.36 bits per heavy atom. The Bertz CT molecular complexity index is 820. The van der Waals surface area contributed by atoms with Gasteiger partial charge in [-0.15, -0.1) is 0 Å². The van der Waals surface area contributed by atoms with E-state index in [0.29, 0.717) is 17.8 Å². The lowest BCUT2D eigenvalue weighted by atomic mass is 9.97. The lowest BCUT2D eigenvalue weighted by Gasteiger charge is -2.18. The summed E-state index contributed by atoms with van der Waals surface area (Å²) in [6.45, 7) is 5.68. The highest BCUT2D eigenvalue weighted by molar-refractivity contribution is 5.79. The fourth-order valence-electron chi connectivity index (χ4n) is 4.01. The van der Waals surface area contributed by atoms with E-state index >= 15 is 0 Å². The molecule has 0 N–H and O–H groups in total. The van der Waals surface area contributed by atoms with Crippen LogP contribution in [-0.4, -0.2) is 33.9 Å². The van der Waals surface area contributed by atoms with Crippen LogP contribution in [0.5, 0.6) is 0 Å². The maximum Gasteiger partial charge on any atom is 0.227 e. The second-order valence-electron chi connectivity index (χ2n) is 7.46. The van der Waals surface area contributed by atoms with E-state index in [1.54, 1.807) is 12.1 Å². The van der Waals surface area contributed by atoms with Crippen molar-refractivity contribution >= 4 is 5.91 Å². The summed E-state index contributed by atoms with van der Waals surface area (Å²) < 4.78 is 13.3. The van der Waals surface area contributed by atoms with Crippen molar-refractivity contribution in [1.82, 2.24) is 14.9 Å². The molecule has 1 aliphatic heterocycles. The zero-order valence-electron chi connectivity index (χ0n) is 14.6. The SMILES string of the molecule is CC(C)c1ncc2c(n1)C[C@@H]1CN(C(=O)Cc3cccc(F)c3)C[C@H]21. The Labute approximate surface area is 147 Å². The number of nitrogens with zero attached hydrogens (tertiary/aromatic N) is 3. The van der Waals surface area contributed by atoms with Crippen LogP contribution >= 0.6 is 0 Å². The van der Waals surface area contributed by atoms with Gasteiger partial charge in [-0.3, -0.25) is 4.79 Å². The van der Waals surface area contributed by atoms with Crippen LogP contribution < -0.4 is 0 Å². The summed E-state index contributed by atoms with van der Waals surface area (Å²) in [5, 5.41) is 0. The standard InChI is InChI=1S/C20H22FN3O/c1-12(2)20-22-9-16-17-11-24(10-14(17)8-18(16)23-20)19(25)7-13-4-3-5-15(21)6-13/h3-6,9,12,14,17H,7-8,10-11H2,1-2H3/t14-,17+/m1/s1. The Hall–Kier alpha value is -2.30. The van der Waals surface area contributed by atoms with Crippen LogP contribution in [0.1, 0.15) is 48.3 Å². The fourth-order valence-corrected chi connectivity index (χ4v) is 4.01. The van der Waals surface area contributed by atoms with Gasteiger partial charge in [-0.1, -0.05) is 26.0 Å². The predicted molar refractivity (Wildman–Crippen MR) is 92.7 cm³/mol. The molecule has 1 saturated heterocycles. The molecule has 4 nitrogen and oxygen atoms in total. The zero-order chi connectivity index (χ0) is 17.6. The quantitative estimate of drug-likeness (QED) is 0.863. The van der Waals surface area contributed by atoms with Gasteiger partial charge in [0.05, 0.1) is 6.42 Å². The minimum absolute atomic E-state index is 0.0706. The van der Waals surface area contributed by atoms with Gasteiger partial charge in [0.25, 0.3) is 0 Å². The molecule has 25 heavy (non-hydrogen) atoms. The Kier molecular flexibility index (Phi) is 4.02. The molecule has 1 aromatic heterocycles. The van der Waals surface area contributed by atoms with E-state index in [2.05, 4.69) is 18.8 Å². The van der Waals surface area contributed by atoms with E-state index < -0.39 is 0 Å². The Morgan fingerprint density at radius 3 is 2.96 bits per heavy atom. The molecule has 2 aromatic rings. The topological polar surface area (TPSA) is 46.1 Å². The molecule has 0 bridgehead atoms. The minimum atomic E-state index is -0.296. The van der Waals surface area contributed by atoms with Gasteiger partial charge in [-0.2, -0.15) is 0 Å². The summed E-state index contributed by atoms with van der Waals surface area (Å²) in [5.41, 5.74) is 3.09. The molecule has 4 rings (SSSR count). The molecule has 0 spiro atoms. The van der Waals surface area contributed by atoms with E-state index in [4.69, 9.17) is 4.98 Å². The van der Waals surface area contributed by atoms with Gasteiger partial charge < -0.3 is 4.90 Å². The number of likely N-dealkylation sites (tertiary alicyclic amines) is 1. The predicted octanol–water partition coefficient (Wildman–Crippen LogP) is 3.08. The molecule has 2 atom stereocenters. The van der Waals surface area contributed by atoms with Crippen LogP contribution in [0.2, 0.25) is 0 Å². The summed E-state index contributed by atoms with van der Waals surface area (Å²) >= 11 is 0. The number of hydrogen-bond donors (Lipinski definition) is 0. The number of benzene rings is 1. The fraction of sp³-hybridized carbons (Fsp3) is 0.450. The highest BCUT2D eigenvalue weighted by Crippen LogP contribution is 2.42. The van der Waals surface area contributed by atoms with Gasteiger partial charge in [0.15, 0.2) is 0 Å². The van der Waals surface area contributed by atoms with Crippen molar-refractivity contribution in [3.05, 3.63) is 58.9 Å². The number of aromatic nitrogens is 2. The Morgan fingerprint density at radius 2 is 2.20 bits per heavy atom. The first kappa shape index (κ1) is 16.2. The second-order valence-corrected chi connectivity index (χ2v) is 7.46. The van der Waals surface area contributed by atoms with Gasteiger partial charge in [0.1, 0.15) is 11.6 Å². The highest BCUT2D eigenvalue weighted by Gasteiger charge is 2.42. The summed E-state index contributed by atoms with van der Waals surface area (Å²) in [7, 11) is 0. The lowest BCUT2D eigenvalue weighted by molar-refractivity contribution is -0.129. The first-order valence-electron chi connectivity index (χ1n) is 8.89. The van der Waals surface area contributed by atoms with Crippen LogP contribution in [0.3, 0.4) is 0 Å². The average Bonchev–Trinajstić information content (AvgIpc) is 3.11. The van der Waals surface area contributed by atoms with E-state index in [0.717, 1.165) is 36.6 Å². The number of rotatable bonds is 3. The largest absolute Gasteiger partial charge is 0.341 e. The smallest absolute Gasteiger partial charge is 0.227 e. The third-order valence-corrected chi connectivity index (χ3v) is 5.33.